The summed E-state index contributed by atoms with van der Waals surface area (Å²) in [5.41, 5.74) is 7.25. The summed E-state index contributed by atoms with van der Waals surface area (Å²) < 4.78 is 0. The summed E-state index contributed by atoms with van der Waals surface area (Å²) in [6, 6.07) is 0.159. The molecule has 0 saturated carbocycles. The molecule has 0 aliphatic carbocycles. The Hall–Kier alpha value is -2.05. The third-order valence-corrected chi connectivity index (χ3v) is 3.82. The SMILES string of the molecule is CCCC(=O)NC1CCN(C(=O)c2n[nH]c(C)c2N)CC1. The van der Waals surface area contributed by atoms with E-state index in [-0.39, 0.29) is 17.9 Å². The van der Waals surface area contributed by atoms with Crippen LogP contribution in [0.1, 0.15) is 48.8 Å². The first-order valence-corrected chi connectivity index (χ1v) is 7.42. The summed E-state index contributed by atoms with van der Waals surface area (Å²) in [4.78, 5) is 25.7. The molecule has 0 radical (unpaired) electrons. The minimum atomic E-state index is -0.143. The van der Waals surface area contributed by atoms with Crippen molar-refractivity contribution in [2.45, 2.75) is 45.6 Å². The molecule has 2 rings (SSSR count). The van der Waals surface area contributed by atoms with Crippen LogP contribution in [0, 0.1) is 6.92 Å². The predicted molar refractivity (Wildman–Crippen MR) is 79.7 cm³/mol. The van der Waals surface area contributed by atoms with Crippen molar-refractivity contribution >= 4 is 17.5 Å². The van der Waals surface area contributed by atoms with E-state index < -0.39 is 0 Å². The number of hydrogen-bond acceptors (Lipinski definition) is 4. The van der Waals surface area contributed by atoms with Gasteiger partial charge in [-0.05, 0) is 26.2 Å². The van der Waals surface area contributed by atoms with E-state index in [0.717, 1.165) is 19.3 Å². The highest BCUT2D eigenvalue weighted by atomic mass is 16.2. The molecule has 7 heteroatoms. The van der Waals surface area contributed by atoms with E-state index in [1.807, 2.05) is 6.92 Å². The van der Waals surface area contributed by atoms with Crippen molar-refractivity contribution in [3.63, 3.8) is 0 Å². The van der Waals surface area contributed by atoms with E-state index in [1.54, 1.807) is 11.8 Å². The van der Waals surface area contributed by atoms with Crippen molar-refractivity contribution in [1.82, 2.24) is 20.4 Å². The fourth-order valence-electron chi connectivity index (χ4n) is 2.50. The van der Waals surface area contributed by atoms with E-state index in [4.69, 9.17) is 5.73 Å². The van der Waals surface area contributed by atoms with E-state index in [2.05, 4.69) is 15.5 Å². The first-order chi connectivity index (χ1) is 10.0. The van der Waals surface area contributed by atoms with Gasteiger partial charge in [-0.2, -0.15) is 5.10 Å². The van der Waals surface area contributed by atoms with Crippen molar-refractivity contribution in [3.05, 3.63) is 11.4 Å². The lowest BCUT2D eigenvalue weighted by Gasteiger charge is -2.32. The Morgan fingerprint density at radius 3 is 2.62 bits per heavy atom. The quantitative estimate of drug-likeness (QED) is 0.764. The summed E-state index contributed by atoms with van der Waals surface area (Å²) in [5, 5.41) is 9.71. The topological polar surface area (TPSA) is 104 Å². The lowest BCUT2D eigenvalue weighted by atomic mass is 10.0. The van der Waals surface area contributed by atoms with Crippen molar-refractivity contribution in [2.24, 2.45) is 0 Å². The third-order valence-electron chi connectivity index (χ3n) is 3.82. The summed E-state index contributed by atoms with van der Waals surface area (Å²) in [6.45, 7) is 4.99. The number of hydrogen-bond donors (Lipinski definition) is 3. The summed E-state index contributed by atoms with van der Waals surface area (Å²) in [5.74, 6) is -0.0513. The maximum absolute atomic E-state index is 12.3. The number of nitrogens with zero attached hydrogens (tertiary/aromatic N) is 2. The van der Waals surface area contributed by atoms with Crippen LogP contribution in [0.2, 0.25) is 0 Å². The van der Waals surface area contributed by atoms with Gasteiger partial charge in [-0.15, -0.1) is 0 Å². The average molecular weight is 293 g/mol. The van der Waals surface area contributed by atoms with Crippen LogP contribution >= 0.6 is 0 Å². The summed E-state index contributed by atoms with van der Waals surface area (Å²) in [6.07, 6.45) is 2.94. The highest BCUT2D eigenvalue weighted by Crippen LogP contribution is 2.18. The molecular formula is C14H23N5O2. The lowest BCUT2D eigenvalue weighted by molar-refractivity contribution is -0.122. The molecule has 0 unspecified atom stereocenters. The predicted octanol–water partition coefficient (Wildman–Crippen LogP) is 0.821. The molecule has 4 N–H and O–H groups in total. The second kappa shape index (κ2) is 6.60. The van der Waals surface area contributed by atoms with Crippen LogP contribution < -0.4 is 11.1 Å². The lowest BCUT2D eigenvalue weighted by Crippen LogP contribution is -2.46. The van der Waals surface area contributed by atoms with Gasteiger partial charge in [0.25, 0.3) is 5.91 Å². The Labute approximate surface area is 124 Å². The number of likely N-dealkylation sites (tertiary alicyclic amines) is 1. The van der Waals surface area contributed by atoms with Crippen LogP contribution in [-0.4, -0.2) is 46.0 Å². The number of carbonyl (C=O) groups is 2. The van der Waals surface area contributed by atoms with Crippen LogP contribution in [0.15, 0.2) is 0 Å². The van der Waals surface area contributed by atoms with Gasteiger partial charge in [-0.3, -0.25) is 14.7 Å². The molecule has 1 aromatic heterocycles. The number of nitrogens with two attached hydrogens (primary N) is 1. The normalized spacial score (nSPS) is 16.0. The molecule has 7 nitrogen and oxygen atoms in total. The number of amides is 2. The number of H-pyrrole nitrogens is 1. The maximum atomic E-state index is 12.3. The first kappa shape index (κ1) is 15.3. The number of anilines is 1. The second-order valence-electron chi connectivity index (χ2n) is 5.49. The van der Waals surface area contributed by atoms with Crippen molar-refractivity contribution in [2.75, 3.05) is 18.8 Å². The molecule has 0 bridgehead atoms. The number of carbonyl (C=O) groups excluding carboxylic acids is 2. The second-order valence-corrected chi connectivity index (χ2v) is 5.49. The molecule has 0 atom stereocenters. The Morgan fingerprint density at radius 1 is 1.43 bits per heavy atom. The van der Waals surface area contributed by atoms with Crippen LogP contribution in [-0.2, 0) is 4.79 Å². The molecule has 1 aliphatic heterocycles. The Balaban J connectivity index is 1.88. The number of aryl methyl sites for hydroxylation is 1. The molecule has 116 valence electrons. The third kappa shape index (κ3) is 3.53. The largest absolute Gasteiger partial charge is 0.395 e. The molecule has 0 aromatic carbocycles. The molecule has 1 aromatic rings. The van der Waals surface area contributed by atoms with Gasteiger partial charge in [0.05, 0.1) is 11.4 Å². The van der Waals surface area contributed by atoms with Gasteiger partial charge >= 0.3 is 0 Å². The van der Waals surface area contributed by atoms with Crippen molar-refractivity contribution < 1.29 is 9.59 Å². The summed E-state index contributed by atoms with van der Waals surface area (Å²) in [7, 11) is 0. The fourth-order valence-corrected chi connectivity index (χ4v) is 2.50. The van der Waals surface area contributed by atoms with E-state index in [1.165, 1.54) is 0 Å². The van der Waals surface area contributed by atoms with Crippen molar-refractivity contribution in [1.29, 1.82) is 0 Å². The number of aromatic nitrogens is 2. The van der Waals surface area contributed by atoms with Gasteiger partial charge < -0.3 is 16.0 Å². The van der Waals surface area contributed by atoms with Gasteiger partial charge in [0, 0.05) is 25.6 Å². The van der Waals surface area contributed by atoms with Gasteiger partial charge in [-0.25, -0.2) is 0 Å². The average Bonchev–Trinajstić information content (AvgIpc) is 2.79. The Bertz CT molecular complexity index is 517. The maximum Gasteiger partial charge on any atom is 0.276 e. The highest BCUT2D eigenvalue weighted by Gasteiger charge is 2.27. The van der Waals surface area contributed by atoms with Gasteiger partial charge in [0.1, 0.15) is 0 Å². The van der Waals surface area contributed by atoms with Gasteiger partial charge in [0.2, 0.25) is 5.91 Å². The monoisotopic (exact) mass is 293 g/mol. The molecule has 1 aliphatic rings. The Kier molecular flexibility index (Phi) is 4.82. The standard InChI is InChI=1S/C14H23N5O2/c1-3-4-11(20)16-10-5-7-19(8-6-10)14(21)13-12(15)9(2)17-18-13/h10H,3-8,15H2,1-2H3,(H,16,20)(H,17,18). The van der Waals surface area contributed by atoms with E-state index in [9.17, 15) is 9.59 Å². The number of nitrogens with one attached hydrogen (secondary N) is 2. The minimum Gasteiger partial charge on any atom is -0.395 e. The minimum absolute atomic E-state index is 0.0921. The van der Waals surface area contributed by atoms with E-state index in [0.29, 0.717) is 36.6 Å². The smallest absolute Gasteiger partial charge is 0.276 e. The number of piperidine rings is 1. The molecule has 0 spiro atoms. The van der Waals surface area contributed by atoms with Gasteiger partial charge in [-0.1, -0.05) is 6.92 Å². The van der Waals surface area contributed by atoms with Gasteiger partial charge in [0.15, 0.2) is 5.69 Å². The summed E-state index contributed by atoms with van der Waals surface area (Å²) >= 11 is 0. The zero-order chi connectivity index (χ0) is 15.4. The zero-order valence-electron chi connectivity index (χ0n) is 12.6. The van der Waals surface area contributed by atoms with E-state index >= 15 is 0 Å². The molecular weight excluding hydrogens is 270 g/mol. The Morgan fingerprint density at radius 2 is 2.10 bits per heavy atom. The zero-order valence-corrected chi connectivity index (χ0v) is 12.6. The van der Waals surface area contributed by atoms with Crippen LogP contribution in [0.5, 0.6) is 0 Å². The number of aromatic amines is 1. The van der Waals surface area contributed by atoms with Crippen LogP contribution in [0.3, 0.4) is 0 Å². The molecule has 2 heterocycles. The molecule has 1 saturated heterocycles. The fraction of sp³-hybridized carbons (Fsp3) is 0.643. The molecule has 1 fully saturated rings. The number of rotatable bonds is 4. The molecule has 21 heavy (non-hydrogen) atoms. The first-order valence-electron chi connectivity index (χ1n) is 7.42. The molecule has 2 amide bonds. The van der Waals surface area contributed by atoms with Crippen LogP contribution in [0.25, 0.3) is 0 Å². The van der Waals surface area contributed by atoms with Crippen molar-refractivity contribution in [3.8, 4) is 0 Å². The number of nitrogen functional groups attached to an aromatic ring is 1. The van der Waals surface area contributed by atoms with Crippen LogP contribution in [0.4, 0.5) is 5.69 Å². The highest BCUT2D eigenvalue weighted by molar-refractivity contribution is 5.97.